The maximum Gasteiger partial charge on any atom is 0.207 e. The van der Waals surface area contributed by atoms with Crippen LogP contribution < -0.4 is 5.32 Å². The molecule has 0 bridgehead atoms. The summed E-state index contributed by atoms with van der Waals surface area (Å²) in [5.74, 6) is 1.91. The van der Waals surface area contributed by atoms with Crippen LogP contribution >= 0.6 is 11.6 Å². The molecule has 0 aromatic carbocycles. The largest absolute Gasteiger partial charge is 0.375 e. The molecule has 2 N–H and O–H groups in total. The van der Waals surface area contributed by atoms with Gasteiger partial charge in [0.25, 0.3) is 0 Å². The second-order valence-corrected chi connectivity index (χ2v) is 10.8. The van der Waals surface area contributed by atoms with Crippen molar-refractivity contribution in [1.82, 2.24) is 25.2 Å². The normalized spacial score (nSPS) is 26.3. The number of rotatable bonds is 10. The predicted octanol–water partition coefficient (Wildman–Crippen LogP) is 4.48. The Morgan fingerprint density at radius 1 is 1.27 bits per heavy atom. The van der Waals surface area contributed by atoms with Crippen LogP contribution in [-0.2, 0) is 20.7 Å². The van der Waals surface area contributed by atoms with E-state index in [2.05, 4.69) is 47.8 Å². The van der Waals surface area contributed by atoms with Crippen molar-refractivity contribution in [2.45, 2.75) is 51.7 Å². The highest BCUT2D eigenvalue weighted by Crippen LogP contribution is 2.38. The SMILES string of the molecule is C=C1C(c2nc3nc(CC4CO[C@@H]5C(C)CO[C@H]45)[nH]c3cc2Cl)=CC=C(C(CCC)CCNC=O)N1C. The molecule has 198 valence electrons. The minimum Gasteiger partial charge on any atom is -0.375 e. The second kappa shape index (κ2) is 11.0. The molecule has 9 heteroatoms. The van der Waals surface area contributed by atoms with Crippen LogP contribution in [0.5, 0.6) is 0 Å². The fourth-order valence-corrected chi connectivity index (χ4v) is 6.14. The molecule has 3 aliphatic heterocycles. The molecule has 8 nitrogen and oxygen atoms in total. The minimum absolute atomic E-state index is 0.133. The van der Waals surface area contributed by atoms with Gasteiger partial charge in [-0.2, -0.15) is 0 Å². The molecule has 3 unspecified atom stereocenters. The fraction of sp³-hybridized carbons (Fsp3) is 0.536. The number of likely N-dealkylation sites (N-methyl/N-ethyl adjacent to an activating group) is 1. The number of hydrogen-bond acceptors (Lipinski definition) is 6. The van der Waals surface area contributed by atoms with Crippen LogP contribution in [0.1, 0.15) is 44.6 Å². The number of carbonyl (C=O) groups is 1. The van der Waals surface area contributed by atoms with Gasteiger partial charge in [-0.1, -0.05) is 38.4 Å². The smallest absolute Gasteiger partial charge is 0.207 e. The summed E-state index contributed by atoms with van der Waals surface area (Å²) in [6, 6.07) is 1.90. The van der Waals surface area contributed by atoms with E-state index in [0.29, 0.717) is 41.4 Å². The summed E-state index contributed by atoms with van der Waals surface area (Å²) in [6.45, 7) is 10.8. The molecular formula is C28H36ClN5O3. The van der Waals surface area contributed by atoms with E-state index in [1.54, 1.807) is 0 Å². The summed E-state index contributed by atoms with van der Waals surface area (Å²) < 4.78 is 12.0. The van der Waals surface area contributed by atoms with Crippen LogP contribution in [-0.4, -0.2) is 65.3 Å². The second-order valence-electron chi connectivity index (χ2n) is 10.4. The van der Waals surface area contributed by atoms with Crippen LogP contribution in [0.2, 0.25) is 5.02 Å². The first-order chi connectivity index (χ1) is 17.9. The van der Waals surface area contributed by atoms with Gasteiger partial charge in [0.15, 0.2) is 5.65 Å². The number of ether oxygens (including phenoxy) is 2. The van der Waals surface area contributed by atoms with E-state index in [1.807, 2.05) is 13.1 Å². The molecule has 3 aliphatic rings. The molecule has 0 aliphatic carbocycles. The zero-order valence-electron chi connectivity index (χ0n) is 21.8. The summed E-state index contributed by atoms with van der Waals surface area (Å²) in [4.78, 5) is 25.9. The van der Waals surface area contributed by atoms with E-state index < -0.39 is 0 Å². The first-order valence-corrected chi connectivity index (χ1v) is 13.6. The molecule has 2 aromatic heterocycles. The Morgan fingerprint density at radius 3 is 2.86 bits per heavy atom. The van der Waals surface area contributed by atoms with Crippen molar-refractivity contribution in [3.8, 4) is 0 Å². The molecule has 2 aromatic rings. The summed E-state index contributed by atoms with van der Waals surface area (Å²) in [5.41, 5.74) is 5.03. The van der Waals surface area contributed by atoms with Crippen LogP contribution in [0.25, 0.3) is 16.7 Å². The lowest BCUT2D eigenvalue weighted by Crippen LogP contribution is -2.27. The number of imidazole rings is 1. The number of amides is 1. The quantitative estimate of drug-likeness (QED) is 0.351. The van der Waals surface area contributed by atoms with Gasteiger partial charge in [0.2, 0.25) is 6.41 Å². The fourth-order valence-electron chi connectivity index (χ4n) is 5.89. The number of H-pyrrole nitrogens is 1. The van der Waals surface area contributed by atoms with Gasteiger partial charge < -0.3 is 24.7 Å². The van der Waals surface area contributed by atoms with Gasteiger partial charge in [-0.05, 0) is 31.1 Å². The molecule has 2 fully saturated rings. The maximum atomic E-state index is 10.7. The number of allylic oxidation sites excluding steroid dienone is 4. The lowest BCUT2D eigenvalue weighted by molar-refractivity contribution is -0.109. The number of nitrogens with one attached hydrogen (secondary N) is 2. The van der Waals surface area contributed by atoms with Gasteiger partial charge in [0.1, 0.15) is 5.82 Å². The van der Waals surface area contributed by atoms with Crippen molar-refractivity contribution in [2.24, 2.45) is 17.8 Å². The third-order valence-corrected chi connectivity index (χ3v) is 8.18. The highest BCUT2D eigenvalue weighted by atomic mass is 35.5. The zero-order chi connectivity index (χ0) is 26.1. The molecule has 1 amide bonds. The number of aromatic nitrogens is 3. The molecular weight excluding hydrogens is 490 g/mol. The first kappa shape index (κ1) is 25.9. The summed E-state index contributed by atoms with van der Waals surface area (Å²) in [7, 11) is 2.03. The lowest BCUT2D eigenvalue weighted by Gasteiger charge is -2.34. The number of carbonyl (C=O) groups excluding carboxylic acids is 1. The number of hydrogen-bond donors (Lipinski definition) is 2. The summed E-state index contributed by atoms with van der Waals surface area (Å²) >= 11 is 6.74. The molecule has 5 heterocycles. The number of pyridine rings is 1. The maximum absolute atomic E-state index is 10.7. The number of fused-ring (bicyclic) bond motifs is 2. The van der Waals surface area contributed by atoms with E-state index in [0.717, 1.165) is 61.3 Å². The molecule has 37 heavy (non-hydrogen) atoms. The highest BCUT2D eigenvalue weighted by molar-refractivity contribution is 6.33. The van der Waals surface area contributed by atoms with Crippen molar-refractivity contribution in [1.29, 1.82) is 0 Å². The van der Waals surface area contributed by atoms with E-state index >= 15 is 0 Å². The standard InChI is InChI=1S/C28H36ClN5O3/c1-5-6-18(9-10-30-15-35)23-8-7-20(17(3)34(23)4)25-21(29)12-22-28(33-25)32-24(31-22)11-19-14-37-26-16(2)13-36-27(19)26/h7-8,12,15-16,18-19,26-27H,3,5-6,9-11,13-14H2,1-2,4H3,(H,30,35)(H,31,32,33)/t16?,18?,19?,26-,27-/m1/s1. The molecule has 0 saturated carbocycles. The van der Waals surface area contributed by atoms with Crippen LogP contribution in [0.4, 0.5) is 0 Å². The van der Waals surface area contributed by atoms with Crippen LogP contribution in [0.15, 0.2) is 36.2 Å². The topological polar surface area (TPSA) is 92.4 Å². The third kappa shape index (κ3) is 5.07. The number of halogens is 1. The van der Waals surface area contributed by atoms with Crippen molar-refractivity contribution < 1.29 is 14.3 Å². The van der Waals surface area contributed by atoms with Crippen molar-refractivity contribution in [2.75, 3.05) is 26.8 Å². The molecule has 2 saturated heterocycles. The Balaban J connectivity index is 1.38. The molecule has 5 rings (SSSR count). The van der Waals surface area contributed by atoms with E-state index in [-0.39, 0.29) is 18.1 Å². The average Bonchev–Trinajstić information content (AvgIpc) is 3.57. The predicted molar refractivity (Wildman–Crippen MR) is 145 cm³/mol. The minimum atomic E-state index is 0.133. The number of aromatic amines is 1. The zero-order valence-corrected chi connectivity index (χ0v) is 22.6. The molecule has 0 spiro atoms. The monoisotopic (exact) mass is 525 g/mol. The Bertz CT molecular complexity index is 1240. The number of nitrogens with zero attached hydrogens (tertiary/aromatic N) is 3. The van der Waals surface area contributed by atoms with Crippen LogP contribution in [0, 0.1) is 17.8 Å². The van der Waals surface area contributed by atoms with Crippen LogP contribution in [0.3, 0.4) is 0 Å². The van der Waals surface area contributed by atoms with Crippen molar-refractivity contribution in [3.63, 3.8) is 0 Å². The van der Waals surface area contributed by atoms with Gasteiger partial charge in [0, 0.05) is 54.7 Å². The Morgan fingerprint density at radius 2 is 2.08 bits per heavy atom. The van der Waals surface area contributed by atoms with Gasteiger partial charge >= 0.3 is 0 Å². The summed E-state index contributed by atoms with van der Waals surface area (Å²) in [5, 5.41) is 3.34. The van der Waals surface area contributed by atoms with Gasteiger partial charge in [-0.3, -0.25) is 4.79 Å². The lowest BCUT2D eigenvalue weighted by atomic mass is 9.91. The van der Waals surface area contributed by atoms with E-state index in [4.69, 9.17) is 31.0 Å². The highest BCUT2D eigenvalue weighted by Gasteiger charge is 2.45. The van der Waals surface area contributed by atoms with Crippen molar-refractivity contribution in [3.05, 3.63) is 52.7 Å². The summed E-state index contributed by atoms with van der Waals surface area (Å²) in [6.07, 6.45) is 8.97. The van der Waals surface area contributed by atoms with Gasteiger partial charge in [-0.25, -0.2) is 9.97 Å². The molecule has 0 radical (unpaired) electrons. The Hall–Kier alpha value is -2.68. The van der Waals surface area contributed by atoms with Gasteiger partial charge in [-0.15, -0.1) is 0 Å². The van der Waals surface area contributed by atoms with E-state index in [9.17, 15) is 4.79 Å². The Kier molecular flexibility index (Phi) is 7.70. The third-order valence-electron chi connectivity index (χ3n) is 7.89. The molecule has 5 atom stereocenters. The average molecular weight is 526 g/mol. The van der Waals surface area contributed by atoms with Crippen molar-refractivity contribution >= 4 is 34.7 Å². The Labute approximate surface area is 223 Å². The van der Waals surface area contributed by atoms with E-state index in [1.165, 1.54) is 5.70 Å². The first-order valence-electron chi connectivity index (χ1n) is 13.2. The van der Waals surface area contributed by atoms with Gasteiger partial charge in [0.05, 0.1) is 41.7 Å².